The molecule has 0 radical (unpaired) electrons. The zero-order valence-corrected chi connectivity index (χ0v) is 11.1. The van der Waals surface area contributed by atoms with Crippen molar-refractivity contribution in [2.45, 2.75) is 19.8 Å². The maximum atomic E-state index is 11.5. The molecule has 0 bridgehead atoms. The van der Waals surface area contributed by atoms with E-state index in [0.717, 1.165) is 29.6 Å². The van der Waals surface area contributed by atoms with Crippen LogP contribution in [-0.4, -0.2) is 24.0 Å². The highest BCUT2D eigenvalue weighted by atomic mass is 16.1. The van der Waals surface area contributed by atoms with E-state index in [-0.39, 0.29) is 5.91 Å². The van der Waals surface area contributed by atoms with Crippen LogP contribution in [0.3, 0.4) is 0 Å². The van der Waals surface area contributed by atoms with Gasteiger partial charge < -0.3 is 10.6 Å². The number of pyridine rings is 1. The second-order valence-electron chi connectivity index (χ2n) is 4.40. The van der Waals surface area contributed by atoms with E-state index in [1.165, 1.54) is 0 Å². The van der Waals surface area contributed by atoms with E-state index >= 15 is 0 Å². The third-order valence-corrected chi connectivity index (χ3v) is 2.89. The second kappa shape index (κ2) is 6.73. The highest BCUT2D eigenvalue weighted by molar-refractivity contribution is 5.91. The summed E-state index contributed by atoms with van der Waals surface area (Å²) in [6.45, 7) is 3.42. The maximum absolute atomic E-state index is 11.5. The van der Waals surface area contributed by atoms with Crippen molar-refractivity contribution in [3.05, 3.63) is 36.5 Å². The predicted octanol–water partition coefficient (Wildman–Crippen LogP) is 2.56. The number of carbonyl (C=O) groups is 1. The molecule has 19 heavy (non-hydrogen) atoms. The van der Waals surface area contributed by atoms with E-state index in [1.807, 2.05) is 37.3 Å². The summed E-state index contributed by atoms with van der Waals surface area (Å²) in [6, 6.07) is 9.91. The van der Waals surface area contributed by atoms with Crippen LogP contribution in [0.4, 0.5) is 5.69 Å². The lowest BCUT2D eigenvalue weighted by atomic mass is 10.2. The Morgan fingerprint density at radius 3 is 2.89 bits per heavy atom. The predicted molar refractivity (Wildman–Crippen MR) is 78.2 cm³/mol. The van der Waals surface area contributed by atoms with E-state index in [1.54, 1.807) is 6.20 Å². The highest BCUT2D eigenvalue weighted by Gasteiger charge is 2.02. The summed E-state index contributed by atoms with van der Waals surface area (Å²) in [6.07, 6.45) is 3.23. The van der Waals surface area contributed by atoms with E-state index in [0.29, 0.717) is 13.0 Å². The first-order chi connectivity index (χ1) is 9.31. The molecule has 1 aromatic carbocycles. The molecule has 1 aromatic heterocycles. The Morgan fingerprint density at radius 1 is 1.21 bits per heavy atom. The van der Waals surface area contributed by atoms with Crippen molar-refractivity contribution in [1.82, 2.24) is 10.3 Å². The number of rotatable bonds is 6. The molecule has 0 aliphatic rings. The van der Waals surface area contributed by atoms with Gasteiger partial charge in [0, 0.05) is 36.8 Å². The lowest BCUT2D eigenvalue weighted by molar-refractivity contribution is -0.120. The molecule has 0 atom stereocenters. The molecule has 2 rings (SSSR count). The Hall–Kier alpha value is -2.10. The molecule has 0 saturated carbocycles. The lowest BCUT2D eigenvalue weighted by Crippen LogP contribution is -2.25. The van der Waals surface area contributed by atoms with Crippen LogP contribution in [0.25, 0.3) is 10.9 Å². The van der Waals surface area contributed by atoms with Crippen molar-refractivity contribution < 1.29 is 4.79 Å². The molecular formula is C15H19N3O. The monoisotopic (exact) mass is 257 g/mol. The van der Waals surface area contributed by atoms with Crippen LogP contribution in [0.15, 0.2) is 36.5 Å². The average Bonchev–Trinajstić information content (AvgIpc) is 2.45. The Balaban J connectivity index is 1.93. The number of anilines is 1. The van der Waals surface area contributed by atoms with Crippen LogP contribution >= 0.6 is 0 Å². The van der Waals surface area contributed by atoms with Crippen LogP contribution < -0.4 is 10.6 Å². The van der Waals surface area contributed by atoms with Crippen LogP contribution in [0, 0.1) is 0 Å². The van der Waals surface area contributed by atoms with Crippen molar-refractivity contribution in [2.24, 2.45) is 0 Å². The standard InChI is InChI=1S/C15H19N3O/c1-2-9-18-15(19)8-11-17-14-7-10-16-13-6-4-3-5-12(13)14/h3-7,10H,2,8-9,11H2,1H3,(H,16,17)(H,18,19). The quantitative estimate of drug-likeness (QED) is 0.836. The van der Waals surface area contributed by atoms with Crippen LogP contribution in [-0.2, 0) is 4.79 Å². The molecule has 0 aliphatic carbocycles. The molecule has 0 saturated heterocycles. The smallest absolute Gasteiger partial charge is 0.221 e. The molecule has 1 heterocycles. The summed E-state index contributed by atoms with van der Waals surface area (Å²) in [5.41, 5.74) is 1.98. The van der Waals surface area contributed by atoms with E-state index in [2.05, 4.69) is 15.6 Å². The van der Waals surface area contributed by atoms with Crippen molar-refractivity contribution in [3.63, 3.8) is 0 Å². The molecular weight excluding hydrogens is 238 g/mol. The van der Waals surface area contributed by atoms with Gasteiger partial charge in [-0.25, -0.2) is 0 Å². The fourth-order valence-electron chi connectivity index (χ4n) is 1.91. The number of nitrogens with zero attached hydrogens (tertiary/aromatic N) is 1. The first kappa shape index (κ1) is 13.3. The van der Waals surface area contributed by atoms with Gasteiger partial charge in [0.25, 0.3) is 0 Å². The number of nitrogens with one attached hydrogen (secondary N) is 2. The van der Waals surface area contributed by atoms with Crippen molar-refractivity contribution in [3.8, 4) is 0 Å². The first-order valence-electron chi connectivity index (χ1n) is 6.65. The maximum Gasteiger partial charge on any atom is 0.221 e. The first-order valence-corrected chi connectivity index (χ1v) is 6.65. The Morgan fingerprint density at radius 2 is 2.05 bits per heavy atom. The Kier molecular flexibility index (Phi) is 4.72. The van der Waals surface area contributed by atoms with Crippen molar-refractivity contribution in [2.75, 3.05) is 18.4 Å². The molecule has 4 nitrogen and oxygen atoms in total. The van der Waals surface area contributed by atoms with Crippen molar-refractivity contribution >= 4 is 22.5 Å². The van der Waals surface area contributed by atoms with E-state index < -0.39 is 0 Å². The largest absolute Gasteiger partial charge is 0.384 e. The number of benzene rings is 1. The van der Waals surface area contributed by atoms with Gasteiger partial charge in [-0.1, -0.05) is 25.1 Å². The molecule has 0 aliphatic heterocycles. The van der Waals surface area contributed by atoms with E-state index in [9.17, 15) is 4.79 Å². The normalized spacial score (nSPS) is 10.4. The van der Waals surface area contributed by atoms with Gasteiger partial charge >= 0.3 is 0 Å². The van der Waals surface area contributed by atoms with Crippen LogP contribution in [0.2, 0.25) is 0 Å². The Bertz CT molecular complexity index is 549. The average molecular weight is 257 g/mol. The summed E-state index contributed by atoms with van der Waals surface area (Å²) in [7, 11) is 0. The fourth-order valence-corrected chi connectivity index (χ4v) is 1.91. The number of hydrogen-bond donors (Lipinski definition) is 2. The third kappa shape index (κ3) is 3.68. The number of carbonyl (C=O) groups excluding carboxylic acids is 1. The third-order valence-electron chi connectivity index (χ3n) is 2.89. The summed E-state index contributed by atoms with van der Waals surface area (Å²) in [5.74, 6) is 0.0905. The van der Waals surface area contributed by atoms with Crippen LogP contribution in [0.5, 0.6) is 0 Å². The fraction of sp³-hybridized carbons (Fsp3) is 0.333. The number of hydrogen-bond acceptors (Lipinski definition) is 3. The summed E-state index contributed by atoms with van der Waals surface area (Å²) in [4.78, 5) is 15.8. The zero-order chi connectivity index (χ0) is 13.5. The van der Waals surface area contributed by atoms with E-state index in [4.69, 9.17) is 0 Å². The molecule has 4 heteroatoms. The molecule has 2 N–H and O–H groups in total. The van der Waals surface area contributed by atoms with Gasteiger partial charge in [-0.2, -0.15) is 0 Å². The number of aromatic nitrogens is 1. The van der Waals surface area contributed by atoms with Gasteiger partial charge in [0.2, 0.25) is 5.91 Å². The molecule has 0 unspecified atom stereocenters. The van der Waals surface area contributed by atoms with Gasteiger partial charge in [-0.05, 0) is 18.6 Å². The van der Waals surface area contributed by atoms with Gasteiger partial charge in [0.15, 0.2) is 0 Å². The molecule has 2 aromatic rings. The zero-order valence-electron chi connectivity index (χ0n) is 11.1. The number of amides is 1. The topological polar surface area (TPSA) is 54.0 Å². The summed E-state index contributed by atoms with van der Waals surface area (Å²) < 4.78 is 0. The molecule has 0 spiro atoms. The van der Waals surface area contributed by atoms with Gasteiger partial charge in [-0.3, -0.25) is 9.78 Å². The summed E-state index contributed by atoms with van der Waals surface area (Å²) in [5, 5.41) is 7.24. The van der Waals surface area contributed by atoms with Gasteiger partial charge in [0.05, 0.1) is 5.52 Å². The highest BCUT2D eigenvalue weighted by Crippen LogP contribution is 2.20. The minimum absolute atomic E-state index is 0.0905. The van der Waals surface area contributed by atoms with Crippen LogP contribution in [0.1, 0.15) is 19.8 Å². The summed E-state index contributed by atoms with van der Waals surface area (Å²) >= 11 is 0. The van der Waals surface area contributed by atoms with Crippen molar-refractivity contribution in [1.29, 1.82) is 0 Å². The minimum Gasteiger partial charge on any atom is -0.384 e. The second-order valence-corrected chi connectivity index (χ2v) is 4.40. The Labute approximate surface area is 113 Å². The molecule has 0 fully saturated rings. The molecule has 1 amide bonds. The lowest BCUT2D eigenvalue weighted by Gasteiger charge is -2.09. The SMILES string of the molecule is CCCNC(=O)CCNc1ccnc2ccccc12. The van der Waals surface area contributed by atoms with Gasteiger partial charge in [-0.15, -0.1) is 0 Å². The van der Waals surface area contributed by atoms with Gasteiger partial charge in [0.1, 0.15) is 0 Å². The molecule has 100 valence electrons. The minimum atomic E-state index is 0.0905. The number of para-hydroxylation sites is 1. The number of fused-ring (bicyclic) bond motifs is 1.